The quantitative estimate of drug-likeness (QED) is 0.557. The number of hydrogen-bond acceptors (Lipinski definition) is 5. The zero-order chi connectivity index (χ0) is 14.5. The van der Waals surface area contributed by atoms with E-state index in [0.29, 0.717) is 12.1 Å². The van der Waals surface area contributed by atoms with Gasteiger partial charge < -0.3 is 10.6 Å². The molecule has 1 aromatic rings. The Balaban J connectivity index is 0.00000220. The number of halogens is 1. The van der Waals surface area contributed by atoms with Crippen molar-refractivity contribution in [2.45, 2.75) is 38.6 Å². The van der Waals surface area contributed by atoms with E-state index in [-0.39, 0.29) is 29.8 Å². The summed E-state index contributed by atoms with van der Waals surface area (Å²) in [6.45, 7) is 3.60. The van der Waals surface area contributed by atoms with Gasteiger partial charge in [-0.15, -0.1) is 12.4 Å². The van der Waals surface area contributed by atoms with Crippen LogP contribution in [0.2, 0.25) is 0 Å². The third-order valence-electron chi connectivity index (χ3n) is 3.38. The zero-order valence-corrected chi connectivity index (χ0v) is 12.7. The van der Waals surface area contributed by atoms with Gasteiger partial charge in [0.2, 0.25) is 5.69 Å². The Kier molecular flexibility index (Phi) is 6.57. The van der Waals surface area contributed by atoms with Crippen molar-refractivity contribution in [3.8, 4) is 0 Å². The van der Waals surface area contributed by atoms with Gasteiger partial charge in [0.1, 0.15) is 5.69 Å². The van der Waals surface area contributed by atoms with Crippen LogP contribution in [0.25, 0.3) is 0 Å². The van der Waals surface area contributed by atoms with Gasteiger partial charge in [-0.3, -0.25) is 20.0 Å². The highest BCUT2D eigenvalue weighted by Crippen LogP contribution is 2.22. The second-order valence-electron chi connectivity index (χ2n) is 4.90. The number of hydrogen-bond donors (Lipinski definition) is 3. The number of aryl methyl sites for hydroxylation is 1. The van der Waals surface area contributed by atoms with Crippen molar-refractivity contribution < 1.29 is 9.72 Å². The lowest BCUT2D eigenvalue weighted by Crippen LogP contribution is -2.42. The minimum Gasteiger partial charge on any atom is -0.348 e. The minimum absolute atomic E-state index is 0. The Morgan fingerprint density at radius 1 is 1.48 bits per heavy atom. The van der Waals surface area contributed by atoms with Gasteiger partial charge in [-0.2, -0.15) is 5.10 Å². The molecule has 1 aliphatic rings. The molecule has 0 atom stereocenters. The molecule has 0 radical (unpaired) electrons. The molecule has 9 heteroatoms. The van der Waals surface area contributed by atoms with Crippen molar-refractivity contribution in [1.82, 2.24) is 20.8 Å². The minimum atomic E-state index is -0.536. The molecule has 1 aromatic heterocycles. The highest BCUT2D eigenvalue weighted by molar-refractivity contribution is 5.96. The lowest BCUT2D eigenvalue weighted by Gasteiger charge is -2.23. The predicted molar refractivity (Wildman–Crippen MR) is 79.8 cm³/mol. The summed E-state index contributed by atoms with van der Waals surface area (Å²) in [4.78, 5) is 22.7. The second kappa shape index (κ2) is 7.94. The Morgan fingerprint density at radius 2 is 2.14 bits per heavy atom. The summed E-state index contributed by atoms with van der Waals surface area (Å²) in [5.41, 5.74) is 0.100. The number of carbonyl (C=O) groups excluding carboxylic acids is 1. The first-order chi connectivity index (χ1) is 9.63. The molecule has 1 saturated heterocycles. The van der Waals surface area contributed by atoms with Crippen molar-refractivity contribution in [1.29, 1.82) is 0 Å². The molecule has 21 heavy (non-hydrogen) atoms. The van der Waals surface area contributed by atoms with E-state index in [4.69, 9.17) is 0 Å². The Morgan fingerprint density at radius 3 is 2.71 bits per heavy atom. The van der Waals surface area contributed by atoms with E-state index in [1.807, 2.05) is 6.92 Å². The molecule has 0 aromatic carbocycles. The molecule has 3 N–H and O–H groups in total. The lowest BCUT2D eigenvalue weighted by atomic mass is 10.1. The predicted octanol–water partition coefficient (Wildman–Crippen LogP) is 1.17. The van der Waals surface area contributed by atoms with Crippen molar-refractivity contribution in [2.24, 2.45) is 0 Å². The van der Waals surface area contributed by atoms with Gasteiger partial charge in [0, 0.05) is 6.04 Å². The van der Waals surface area contributed by atoms with Crippen LogP contribution in [0.3, 0.4) is 0 Å². The van der Waals surface area contributed by atoms with E-state index < -0.39 is 10.8 Å². The van der Waals surface area contributed by atoms with Gasteiger partial charge in [0.05, 0.1) is 4.92 Å². The summed E-state index contributed by atoms with van der Waals surface area (Å²) < 4.78 is 0. The fourth-order valence-corrected chi connectivity index (χ4v) is 2.37. The van der Waals surface area contributed by atoms with E-state index in [2.05, 4.69) is 20.8 Å². The zero-order valence-electron chi connectivity index (χ0n) is 11.8. The third-order valence-corrected chi connectivity index (χ3v) is 3.38. The number of aromatic amines is 1. The smallest absolute Gasteiger partial charge is 0.322 e. The molecule has 2 heterocycles. The first kappa shape index (κ1) is 17.4. The van der Waals surface area contributed by atoms with Crippen molar-refractivity contribution in [3.05, 3.63) is 21.5 Å². The maximum absolute atomic E-state index is 12.1. The Hall–Kier alpha value is -1.67. The summed E-state index contributed by atoms with van der Waals surface area (Å²) in [5.74, 6) is -0.470. The number of piperidine rings is 1. The molecule has 0 saturated carbocycles. The van der Waals surface area contributed by atoms with E-state index in [0.717, 1.165) is 32.4 Å². The van der Waals surface area contributed by atoms with E-state index in [9.17, 15) is 14.9 Å². The van der Waals surface area contributed by atoms with Crippen LogP contribution in [0.4, 0.5) is 5.69 Å². The highest BCUT2D eigenvalue weighted by atomic mass is 35.5. The molecule has 1 aliphatic heterocycles. The van der Waals surface area contributed by atoms with Gasteiger partial charge >= 0.3 is 5.69 Å². The number of aromatic nitrogens is 2. The van der Waals surface area contributed by atoms with Gasteiger partial charge in [-0.1, -0.05) is 13.3 Å². The molecular formula is C12H20ClN5O3. The van der Waals surface area contributed by atoms with E-state index in [1.54, 1.807) is 0 Å². The van der Waals surface area contributed by atoms with Crippen LogP contribution >= 0.6 is 12.4 Å². The number of amides is 1. The standard InChI is InChI=1S/C12H19N5O3.ClH/c1-2-3-9-11(17(19)20)10(16-15-9)12(18)14-8-4-6-13-7-5-8;/h8,13H,2-7H2,1H3,(H,14,18)(H,15,16);1H. The molecule has 0 spiro atoms. The molecule has 0 aliphatic carbocycles. The molecule has 0 bridgehead atoms. The van der Waals surface area contributed by atoms with Gasteiger partial charge in [-0.25, -0.2) is 0 Å². The van der Waals surface area contributed by atoms with Crippen LogP contribution in [-0.2, 0) is 6.42 Å². The van der Waals surface area contributed by atoms with Gasteiger partial charge in [0.15, 0.2) is 0 Å². The van der Waals surface area contributed by atoms with Crippen LogP contribution in [0.15, 0.2) is 0 Å². The number of rotatable bonds is 5. The molecule has 118 valence electrons. The van der Waals surface area contributed by atoms with Gasteiger partial charge in [-0.05, 0) is 32.4 Å². The number of nitrogens with one attached hydrogen (secondary N) is 3. The molecule has 0 unspecified atom stereocenters. The topological polar surface area (TPSA) is 113 Å². The first-order valence-corrected chi connectivity index (χ1v) is 6.86. The van der Waals surface area contributed by atoms with E-state index >= 15 is 0 Å². The van der Waals surface area contributed by atoms with Crippen LogP contribution < -0.4 is 10.6 Å². The van der Waals surface area contributed by atoms with Crippen molar-refractivity contribution >= 4 is 24.0 Å². The average molecular weight is 318 g/mol. The third kappa shape index (κ3) is 4.15. The normalized spacial score (nSPS) is 15.3. The first-order valence-electron chi connectivity index (χ1n) is 6.86. The number of carbonyl (C=O) groups is 1. The number of nitrogens with zero attached hydrogens (tertiary/aromatic N) is 2. The van der Waals surface area contributed by atoms with Crippen molar-refractivity contribution in [3.63, 3.8) is 0 Å². The molecule has 8 nitrogen and oxygen atoms in total. The summed E-state index contributed by atoms with van der Waals surface area (Å²) in [5, 5.41) is 23.6. The number of nitro groups is 1. The summed E-state index contributed by atoms with van der Waals surface area (Å²) >= 11 is 0. The van der Waals surface area contributed by atoms with Crippen LogP contribution in [-0.4, -0.2) is 40.2 Å². The van der Waals surface area contributed by atoms with Gasteiger partial charge in [0.25, 0.3) is 5.91 Å². The second-order valence-corrected chi connectivity index (χ2v) is 4.90. The Bertz CT molecular complexity index is 499. The largest absolute Gasteiger partial charge is 0.348 e. The maximum Gasteiger partial charge on any atom is 0.322 e. The number of H-pyrrole nitrogens is 1. The van der Waals surface area contributed by atoms with E-state index in [1.165, 1.54) is 0 Å². The SMILES string of the molecule is CCCc1[nH]nc(C(=O)NC2CCNCC2)c1[N+](=O)[O-].Cl. The average Bonchev–Trinajstić information content (AvgIpc) is 2.84. The van der Waals surface area contributed by atoms with Crippen LogP contribution in [0, 0.1) is 10.1 Å². The highest BCUT2D eigenvalue weighted by Gasteiger charge is 2.29. The monoisotopic (exact) mass is 317 g/mol. The fourth-order valence-electron chi connectivity index (χ4n) is 2.37. The molecule has 1 fully saturated rings. The maximum atomic E-state index is 12.1. The molecule has 1 amide bonds. The lowest BCUT2D eigenvalue weighted by molar-refractivity contribution is -0.385. The van der Waals surface area contributed by atoms with Crippen LogP contribution in [0.1, 0.15) is 42.4 Å². The Labute approximate surface area is 128 Å². The summed E-state index contributed by atoms with van der Waals surface area (Å²) in [6, 6.07) is 0.0506. The summed E-state index contributed by atoms with van der Waals surface area (Å²) in [7, 11) is 0. The fraction of sp³-hybridized carbons (Fsp3) is 0.667. The molecular weight excluding hydrogens is 298 g/mol. The summed E-state index contributed by atoms with van der Waals surface area (Å²) in [6.07, 6.45) is 2.90. The van der Waals surface area contributed by atoms with Crippen molar-refractivity contribution in [2.75, 3.05) is 13.1 Å². The van der Waals surface area contributed by atoms with Crippen LogP contribution in [0.5, 0.6) is 0 Å². The molecule has 2 rings (SSSR count).